The van der Waals surface area contributed by atoms with Gasteiger partial charge in [-0.3, -0.25) is 9.36 Å². The first-order valence-corrected chi connectivity index (χ1v) is 7.41. The molecule has 1 aromatic carbocycles. The molecule has 0 spiro atoms. The Bertz CT molecular complexity index is 1030. The van der Waals surface area contributed by atoms with Crippen molar-refractivity contribution in [2.75, 3.05) is 0 Å². The van der Waals surface area contributed by atoms with E-state index in [0.717, 1.165) is 28.8 Å². The Balaban J connectivity index is 2.34. The molecule has 5 nitrogen and oxygen atoms in total. The van der Waals surface area contributed by atoms with E-state index in [1.54, 1.807) is 12.1 Å². The average Bonchev–Trinajstić information content (AvgIpc) is 3.08. The van der Waals surface area contributed by atoms with Crippen LogP contribution in [0.3, 0.4) is 0 Å². The molecule has 2 heterocycles. The zero-order chi connectivity index (χ0) is 19.1. The molecule has 0 saturated carbocycles. The van der Waals surface area contributed by atoms with Crippen molar-refractivity contribution in [2.45, 2.75) is 13.1 Å². The number of pyridine rings is 1. The van der Waals surface area contributed by atoms with Gasteiger partial charge in [-0.1, -0.05) is 6.07 Å². The third-order valence-electron chi connectivity index (χ3n) is 3.90. The van der Waals surface area contributed by atoms with Crippen molar-refractivity contribution in [3.05, 3.63) is 75.9 Å². The molecule has 3 rings (SSSR count). The Kier molecular flexibility index (Phi) is 4.19. The van der Waals surface area contributed by atoms with Gasteiger partial charge in [-0.05, 0) is 43.3 Å². The number of aromatic carboxylic acids is 1. The Hall–Kier alpha value is -3.29. The fourth-order valence-corrected chi connectivity index (χ4v) is 2.67. The molecule has 0 aliphatic heterocycles. The van der Waals surface area contributed by atoms with Crippen molar-refractivity contribution in [3.63, 3.8) is 0 Å². The van der Waals surface area contributed by atoms with Gasteiger partial charge in [-0.15, -0.1) is 0 Å². The first-order chi connectivity index (χ1) is 12.2. The maximum Gasteiger partial charge on any atom is 0.416 e. The SMILES string of the molecule is Cc1c(-c2ccco2)cc(C(=O)O)c(=O)n1-c1cccc(C(F)(F)F)c1. The lowest BCUT2D eigenvalue weighted by Crippen LogP contribution is -2.27. The highest BCUT2D eigenvalue weighted by atomic mass is 19.4. The third-order valence-corrected chi connectivity index (χ3v) is 3.90. The largest absolute Gasteiger partial charge is 0.477 e. The molecule has 26 heavy (non-hydrogen) atoms. The fourth-order valence-electron chi connectivity index (χ4n) is 2.67. The summed E-state index contributed by atoms with van der Waals surface area (Å²) in [5, 5.41) is 9.31. The molecular weight excluding hydrogens is 351 g/mol. The van der Waals surface area contributed by atoms with Crippen LogP contribution in [0.2, 0.25) is 0 Å². The van der Waals surface area contributed by atoms with Crippen LogP contribution < -0.4 is 5.56 Å². The first-order valence-electron chi connectivity index (χ1n) is 7.41. The summed E-state index contributed by atoms with van der Waals surface area (Å²) >= 11 is 0. The number of aromatic nitrogens is 1. The van der Waals surface area contributed by atoms with Gasteiger partial charge < -0.3 is 9.52 Å². The molecule has 0 amide bonds. The van der Waals surface area contributed by atoms with E-state index in [4.69, 9.17) is 4.42 Å². The number of alkyl halides is 3. The molecule has 0 radical (unpaired) electrons. The van der Waals surface area contributed by atoms with Crippen LogP contribution in [0.15, 0.2) is 57.9 Å². The normalized spacial score (nSPS) is 11.5. The molecule has 2 aromatic heterocycles. The molecule has 0 fully saturated rings. The van der Waals surface area contributed by atoms with Crippen LogP contribution in [0, 0.1) is 6.92 Å². The lowest BCUT2D eigenvalue weighted by molar-refractivity contribution is -0.137. The number of nitrogens with zero attached hydrogens (tertiary/aromatic N) is 1. The molecule has 0 unspecified atom stereocenters. The molecular formula is C18H12F3NO4. The molecule has 1 N–H and O–H groups in total. The zero-order valence-corrected chi connectivity index (χ0v) is 13.4. The number of furan rings is 1. The molecule has 3 aromatic rings. The molecule has 0 aliphatic rings. The van der Waals surface area contributed by atoms with Crippen molar-refractivity contribution < 1.29 is 27.5 Å². The third kappa shape index (κ3) is 3.01. The highest BCUT2D eigenvalue weighted by molar-refractivity contribution is 5.89. The maximum atomic E-state index is 13.0. The van der Waals surface area contributed by atoms with Crippen molar-refractivity contribution in [1.82, 2.24) is 4.57 Å². The molecule has 0 saturated heterocycles. The van der Waals surface area contributed by atoms with Gasteiger partial charge in [0.15, 0.2) is 0 Å². The van der Waals surface area contributed by atoms with Crippen molar-refractivity contribution in [2.24, 2.45) is 0 Å². The van der Waals surface area contributed by atoms with Gasteiger partial charge in [0.1, 0.15) is 11.3 Å². The molecule has 134 valence electrons. The number of hydrogen-bond acceptors (Lipinski definition) is 3. The summed E-state index contributed by atoms with van der Waals surface area (Å²) in [6.45, 7) is 1.51. The second kappa shape index (κ2) is 6.21. The van der Waals surface area contributed by atoms with E-state index in [1.807, 2.05) is 0 Å². The standard InChI is InChI=1S/C18H12F3NO4/c1-10-13(15-6-3-7-26-15)9-14(17(24)25)16(23)22(10)12-5-2-4-11(8-12)18(19,20)21/h2-9H,1H3,(H,24,25). The molecule has 0 atom stereocenters. The minimum Gasteiger partial charge on any atom is -0.477 e. The van der Waals surface area contributed by atoms with Crippen LogP contribution in [0.25, 0.3) is 17.0 Å². The predicted octanol–water partition coefficient (Wildman–Crippen LogP) is 4.12. The van der Waals surface area contributed by atoms with Gasteiger partial charge in [0.05, 0.1) is 11.8 Å². The second-order valence-corrected chi connectivity index (χ2v) is 5.53. The van der Waals surface area contributed by atoms with E-state index in [-0.39, 0.29) is 11.4 Å². The summed E-state index contributed by atoms with van der Waals surface area (Å²) in [6, 6.07) is 8.43. The summed E-state index contributed by atoms with van der Waals surface area (Å²) in [5.41, 5.74) is -1.97. The molecule has 8 heteroatoms. The summed E-state index contributed by atoms with van der Waals surface area (Å²) in [4.78, 5) is 24.0. The van der Waals surface area contributed by atoms with E-state index in [0.29, 0.717) is 11.3 Å². The van der Waals surface area contributed by atoms with E-state index >= 15 is 0 Å². The highest BCUT2D eigenvalue weighted by Crippen LogP contribution is 2.31. The van der Waals surface area contributed by atoms with Crippen molar-refractivity contribution >= 4 is 5.97 Å². The van der Waals surface area contributed by atoms with Crippen LogP contribution >= 0.6 is 0 Å². The number of carboxylic acid groups (broad SMARTS) is 1. The van der Waals surface area contributed by atoms with Gasteiger partial charge in [-0.2, -0.15) is 13.2 Å². The number of halogens is 3. The zero-order valence-electron chi connectivity index (χ0n) is 13.4. The predicted molar refractivity (Wildman–Crippen MR) is 86.4 cm³/mol. The van der Waals surface area contributed by atoms with Crippen LogP contribution in [-0.4, -0.2) is 15.6 Å². The van der Waals surface area contributed by atoms with Gasteiger partial charge in [0, 0.05) is 16.9 Å². The van der Waals surface area contributed by atoms with E-state index in [1.165, 1.54) is 19.3 Å². The Morgan fingerprint density at radius 2 is 1.88 bits per heavy atom. The number of benzene rings is 1. The minimum atomic E-state index is -4.60. The van der Waals surface area contributed by atoms with Crippen LogP contribution in [0.1, 0.15) is 21.6 Å². The van der Waals surface area contributed by atoms with E-state index < -0.39 is 28.8 Å². The summed E-state index contributed by atoms with van der Waals surface area (Å²) in [6.07, 6.45) is -3.23. The monoisotopic (exact) mass is 363 g/mol. The Morgan fingerprint density at radius 3 is 2.46 bits per heavy atom. The second-order valence-electron chi connectivity index (χ2n) is 5.53. The van der Waals surface area contributed by atoms with Gasteiger partial charge >= 0.3 is 12.1 Å². The van der Waals surface area contributed by atoms with Gasteiger partial charge in [0.25, 0.3) is 5.56 Å². The fraction of sp³-hybridized carbons (Fsp3) is 0.111. The number of carboxylic acids is 1. The van der Waals surface area contributed by atoms with E-state index in [2.05, 4.69) is 0 Å². The summed E-state index contributed by atoms with van der Waals surface area (Å²) in [5.74, 6) is -1.19. The first kappa shape index (κ1) is 17.5. The van der Waals surface area contributed by atoms with Crippen LogP contribution in [0.5, 0.6) is 0 Å². The number of hydrogen-bond donors (Lipinski definition) is 1. The lowest BCUT2D eigenvalue weighted by Gasteiger charge is -2.16. The van der Waals surface area contributed by atoms with Gasteiger partial charge in [0.2, 0.25) is 0 Å². The highest BCUT2D eigenvalue weighted by Gasteiger charge is 2.31. The summed E-state index contributed by atoms with van der Waals surface area (Å²) < 4.78 is 45.2. The Morgan fingerprint density at radius 1 is 1.15 bits per heavy atom. The number of rotatable bonds is 3. The van der Waals surface area contributed by atoms with Crippen LogP contribution in [-0.2, 0) is 6.18 Å². The Labute approximate surface area is 144 Å². The average molecular weight is 363 g/mol. The lowest BCUT2D eigenvalue weighted by atomic mass is 10.1. The summed E-state index contributed by atoms with van der Waals surface area (Å²) in [7, 11) is 0. The maximum absolute atomic E-state index is 13.0. The van der Waals surface area contributed by atoms with Gasteiger partial charge in [-0.25, -0.2) is 4.79 Å². The molecule has 0 aliphatic carbocycles. The van der Waals surface area contributed by atoms with Crippen molar-refractivity contribution in [3.8, 4) is 17.0 Å². The number of carbonyl (C=O) groups is 1. The molecule has 0 bridgehead atoms. The van der Waals surface area contributed by atoms with E-state index in [9.17, 15) is 27.9 Å². The topological polar surface area (TPSA) is 72.4 Å². The van der Waals surface area contributed by atoms with Crippen molar-refractivity contribution in [1.29, 1.82) is 0 Å². The quantitative estimate of drug-likeness (QED) is 0.760. The smallest absolute Gasteiger partial charge is 0.416 e. The minimum absolute atomic E-state index is 0.0850. The van der Waals surface area contributed by atoms with Crippen LogP contribution in [0.4, 0.5) is 13.2 Å².